The molecule has 4 aromatic rings. The van der Waals surface area contributed by atoms with Gasteiger partial charge in [-0.25, -0.2) is 4.79 Å². The normalized spacial score (nSPS) is 10.5. The van der Waals surface area contributed by atoms with Gasteiger partial charge in [-0.05, 0) is 54.6 Å². The summed E-state index contributed by atoms with van der Waals surface area (Å²) in [5.41, 5.74) is 0.168. The lowest BCUT2D eigenvalue weighted by molar-refractivity contribution is 0.0734. The molecule has 1 heterocycles. The van der Waals surface area contributed by atoms with Crippen molar-refractivity contribution < 1.29 is 32.9 Å². The number of ether oxygens (including phenoxy) is 5. The fraction of sp³-hybridized carbons (Fsp3) is 0.120. The number of esters is 1. The first-order valence-electron chi connectivity index (χ1n) is 9.84. The van der Waals surface area contributed by atoms with Crippen LogP contribution in [0.1, 0.15) is 10.4 Å². The zero-order chi connectivity index (χ0) is 23.4. The Bertz CT molecular complexity index is 1360. The van der Waals surface area contributed by atoms with Gasteiger partial charge in [-0.15, -0.1) is 0 Å². The van der Waals surface area contributed by atoms with Gasteiger partial charge in [-0.1, -0.05) is 0 Å². The van der Waals surface area contributed by atoms with Crippen LogP contribution < -0.4 is 29.1 Å². The van der Waals surface area contributed by atoms with Gasteiger partial charge >= 0.3 is 5.97 Å². The average Bonchev–Trinajstić information content (AvgIpc) is 2.85. The standard InChI is InChI=1S/C25H20O8/c1-28-16-5-7-17(8-6-16)32-23-14-31-21-13-18(9-10-19(21)24(23)26)33-25(27)15-4-11-20(29-2)22(12-15)30-3/h4-14H,1-3H3. The second-order valence-electron chi connectivity index (χ2n) is 6.82. The van der Waals surface area contributed by atoms with Gasteiger partial charge < -0.3 is 28.1 Å². The molecular weight excluding hydrogens is 428 g/mol. The number of hydrogen-bond donors (Lipinski definition) is 0. The number of benzene rings is 3. The second-order valence-corrected chi connectivity index (χ2v) is 6.82. The highest BCUT2D eigenvalue weighted by Crippen LogP contribution is 2.29. The summed E-state index contributed by atoms with van der Waals surface area (Å²) in [6.07, 6.45) is 1.22. The zero-order valence-electron chi connectivity index (χ0n) is 18.1. The largest absolute Gasteiger partial charge is 0.497 e. The molecule has 0 saturated heterocycles. The lowest BCUT2D eigenvalue weighted by Gasteiger charge is -2.10. The van der Waals surface area contributed by atoms with Crippen LogP contribution in [0, 0.1) is 0 Å². The molecule has 33 heavy (non-hydrogen) atoms. The summed E-state index contributed by atoms with van der Waals surface area (Å²) in [4.78, 5) is 25.3. The molecule has 0 saturated carbocycles. The molecule has 0 fully saturated rings. The maximum atomic E-state index is 12.8. The number of hydrogen-bond acceptors (Lipinski definition) is 8. The van der Waals surface area contributed by atoms with Crippen molar-refractivity contribution in [3.8, 4) is 34.5 Å². The van der Waals surface area contributed by atoms with E-state index in [1.54, 1.807) is 43.5 Å². The minimum atomic E-state index is -0.600. The molecule has 8 nitrogen and oxygen atoms in total. The molecule has 8 heteroatoms. The topological polar surface area (TPSA) is 93.4 Å². The van der Waals surface area contributed by atoms with Crippen LogP contribution in [-0.2, 0) is 0 Å². The lowest BCUT2D eigenvalue weighted by atomic mass is 10.2. The van der Waals surface area contributed by atoms with Crippen molar-refractivity contribution in [2.75, 3.05) is 21.3 Å². The Morgan fingerprint density at radius 2 is 1.42 bits per heavy atom. The Kier molecular flexibility index (Phi) is 6.17. The molecule has 1 aromatic heterocycles. The summed E-state index contributed by atoms with van der Waals surface area (Å²) in [7, 11) is 4.55. The first kappa shape index (κ1) is 21.8. The minimum Gasteiger partial charge on any atom is -0.497 e. The van der Waals surface area contributed by atoms with Crippen LogP contribution in [-0.4, -0.2) is 27.3 Å². The lowest BCUT2D eigenvalue weighted by Crippen LogP contribution is -2.09. The molecule has 168 valence electrons. The molecule has 0 aliphatic rings. The molecule has 0 atom stereocenters. The predicted octanol–water partition coefficient (Wildman–Crippen LogP) is 4.83. The number of carbonyl (C=O) groups is 1. The van der Waals surface area contributed by atoms with Gasteiger partial charge in [0.25, 0.3) is 0 Å². The van der Waals surface area contributed by atoms with Crippen molar-refractivity contribution in [2.45, 2.75) is 0 Å². The quantitative estimate of drug-likeness (QED) is 0.293. The van der Waals surface area contributed by atoms with Crippen molar-refractivity contribution in [1.82, 2.24) is 0 Å². The Balaban J connectivity index is 1.55. The molecule has 0 aliphatic carbocycles. The van der Waals surface area contributed by atoms with E-state index in [0.29, 0.717) is 23.0 Å². The highest BCUT2D eigenvalue weighted by Gasteiger charge is 2.15. The Morgan fingerprint density at radius 1 is 0.727 bits per heavy atom. The molecule has 0 N–H and O–H groups in total. The van der Waals surface area contributed by atoms with E-state index < -0.39 is 5.97 Å². The Labute approximate surface area is 188 Å². The van der Waals surface area contributed by atoms with Crippen molar-refractivity contribution in [3.05, 3.63) is 82.7 Å². The number of rotatable bonds is 7. The van der Waals surface area contributed by atoms with Crippen molar-refractivity contribution in [1.29, 1.82) is 0 Å². The highest BCUT2D eigenvalue weighted by molar-refractivity contribution is 5.92. The molecule has 3 aromatic carbocycles. The third-order valence-corrected chi connectivity index (χ3v) is 4.83. The van der Waals surface area contributed by atoms with E-state index in [-0.39, 0.29) is 33.5 Å². The first-order valence-corrected chi connectivity index (χ1v) is 9.84. The summed E-state index contributed by atoms with van der Waals surface area (Å²) >= 11 is 0. The van der Waals surface area contributed by atoms with Crippen LogP contribution >= 0.6 is 0 Å². The van der Waals surface area contributed by atoms with Gasteiger partial charge in [0.05, 0.1) is 32.3 Å². The third kappa shape index (κ3) is 4.59. The van der Waals surface area contributed by atoms with Crippen molar-refractivity contribution in [2.24, 2.45) is 0 Å². The van der Waals surface area contributed by atoms with E-state index in [0.717, 1.165) is 0 Å². The minimum absolute atomic E-state index is 0.0303. The molecular formula is C25H20O8. The van der Waals surface area contributed by atoms with Gasteiger partial charge in [0.15, 0.2) is 11.5 Å². The molecule has 0 bridgehead atoms. The van der Waals surface area contributed by atoms with Crippen molar-refractivity contribution in [3.63, 3.8) is 0 Å². The number of fused-ring (bicyclic) bond motifs is 1. The zero-order valence-corrected chi connectivity index (χ0v) is 18.1. The van der Waals surface area contributed by atoms with E-state index >= 15 is 0 Å². The van der Waals surface area contributed by atoms with Crippen LogP contribution in [0.15, 0.2) is 76.1 Å². The van der Waals surface area contributed by atoms with Crippen LogP contribution in [0.4, 0.5) is 0 Å². The maximum Gasteiger partial charge on any atom is 0.343 e. The summed E-state index contributed by atoms with van der Waals surface area (Å²) < 4.78 is 32.1. The second kappa shape index (κ2) is 9.35. The molecule has 4 rings (SSSR count). The third-order valence-electron chi connectivity index (χ3n) is 4.83. The first-order chi connectivity index (χ1) is 16.0. The molecule has 0 amide bonds. The van der Waals surface area contributed by atoms with E-state index in [2.05, 4.69) is 0 Å². The smallest absolute Gasteiger partial charge is 0.343 e. The fourth-order valence-corrected chi connectivity index (χ4v) is 3.12. The fourth-order valence-electron chi connectivity index (χ4n) is 3.12. The predicted molar refractivity (Wildman–Crippen MR) is 120 cm³/mol. The van der Waals surface area contributed by atoms with Crippen LogP contribution in [0.5, 0.6) is 34.5 Å². The molecule has 0 aliphatic heterocycles. The monoisotopic (exact) mass is 448 g/mol. The van der Waals surface area contributed by atoms with E-state index in [1.165, 1.54) is 44.7 Å². The van der Waals surface area contributed by atoms with Crippen LogP contribution in [0.25, 0.3) is 11.0 Å². The van der Waals surface area contributed by atoms with E-state index in [9.17, 15) is 9.59 Å². The summed E-state index contributed by atoms with van der Waals surface area (Å²) in [5.74, 6) is 1.68. The number of methoxy groups -OCH3 is 3. The number of carbonyl (C=O) groups excluding carboxylic acids is 1. The van der Waals surface area contributed by atoms with Crippen LogP contribution in [0.3, 0.4) is 0 Å². The Hall–Kier alpha value is -4.46. The van der Waals surface area contributed by atoms with Gasteiger partial charge in [0.2, 0.25) is 11.2 Å². The summed E-state index contributed by atoms with van der Waals surface area (Å²) in [6.45, 7) is 0. The van der Waals surface area contributed by atoms with Crippen LogP contribution in [0.2, 0.25) is 0 Å². The highest BCUT2D eigenvalue weighted by atomic mass is 16.5. The van der Waals surface area contributed by atoms with Gasteiger partial charge in [0, 0.05) is 6.07 Å². The molecule has 0 spiro atoms. The van der Waals surface area contributed by atoms with Gasteiger partial charge in [-0.2, -0.15) is 0 Å². The van der Waals surface area contributed by atoms with E-state index in [1.807, 2.05) is 0 Å². The summed E-state index contributed by atoms with van der Waals surface area (Å²) in [6, 6.07) is 16.0. The Morgan fingerprint density at radius 3 is 2.12 bits per heavy atom. The molecule has 0 unspecified atom stereocenters. The maximum absolute atomic E-state index is 12.8. The molecule has 0 radical (unpaired) electrons. The van der Waals surface area contributed by atoms with E-state index in [4.69, 9.17) is 28.1 Å². The summed E-state index contributed by atoms with van der Waals surface area (Å²) in [5, 5.41) is 0.284. The van der Waals surface area contributed by atoms with Gasteiger partial charge in [-0.3, -0.25) is 4.79 Å². The SMILES string of the molecule is COc1ccc(Oc2coc3cc(OC(=O)c4ccc(OC)c(OC)c4)ccc3c2=O)cc1. The average molecular weight is 448 g/mol. The van der Waals surface area contributed by atoms with Gasteiger partial charge in [0.1, 0.15) is 29.1 Å². The van der Waals surface area contributed by atoms with Crippen molar-refractivity contribution >= 4 is 16.9 Å².